The van der Waals surface area contributed by atoms with Gasteiger partial charge < -0.3 is 5.11 Å². The second kappa shape index (κ2) is 4.60. The lowest BCUT2D eigenvalue weighted by atomic mass is 9.98. The normalized spacial score (nSPS) is 11.4. The Morgan fingerprint density at radius 3 is 2.22 bits per heavy atom. The highest BCUT2D eigenvalue weighted by Crippen LogP contribution is 2.36. The Hall–Kier alpha value is -2.17. The van der Waals surface area contributed by atoms with Gasteiger partial charge in [0.1, 0.15) is 6.07 Å². The molecule has 96 valence electrons. The van der Waals surface area contributed by atoms with Crippen molar-refractivity contribution in [1.29, 1.82) is 5.26 Å². The maximum Gasteiger partial charge on any atom is 0.417 e. The molecule has 1 aromatic carbocycles. The molecule has 0 spiro atoms. The number of rotatable bonds is 2. The van der Waals surface area contributed by atoms with E-state index < -0.39 is 40.8 Å². The van der Waals surface area contributed by atoms with E-state index in [9.17, 15) is 26.7 Å². The number of carbonyl (C=O) groups is 1. The fourth-order valence-corrected chi connectivity index (χ4v) is 1.31. The third-order valence-corrected chi connectivity index (χ3v) is 2.07. The zero-order valence-electron chi connectivity index (χ0n) is 8.42. The Morgan fingerprint density at radius 1 is 1.33 bits per heavy atom. The van der Waals surface area contributed by atoms with E-state index in [0.29, 0.717) is 6.07 Å². The van der Waals surface area contributed by atoms with Crippen molar-refractivity contribution in [3.8, 4) is 6.07 Å². The molecular formula is C10H4F5NO2. The van der Waals surface area contributed by atoms with Crippen LogP contribution in [0.5, 0.6) is 0 Å². The first-order valence-corrected chi connectivity index (χ1v) is 4.35. The number of halogens is 5. The lowest BCUT2D eigenvalue weighted by Crippen LogP contribution is -2.13. The summed E-state index contributed by atoms with van der Waals surface area (Å²) in [7, 11) is 0. The van der Waals surface area contributed by atoms with Gasteiger partial charge in [0.05, 0.1) is 16.7 Å². The number of nitrogens with zero attached hydrogens (tertiary/aromatic N) is 1. The fourth-order valence-electron chi connectivity index (χ4n) is 1.31. The van der Waals surface area contributed by atoms with E-state index in [-0.39, 0.29) is 6.07 Å². The number of aromatic carboxylic acids is 1. The quantitative estimate of drug-likeness (QED) is 0.835. The summed E-state index contributed by atoms with van der Waals surface area (Å²) in [6.45, 7) is 0. The maximum atomic E-state index is 12.5. The molecule has 0 saturated carbocycles. The molecule has 3 nitrogen and oxygen atoms in total. The van der Waals surface area contributed by atoms with Crippen LogP contribution in [0.15, 0.2) is 12.1 Å². The van der Waals surface area contributed by atoms with Crippen LogP contribution in [0.3, 0.4) is 0 Å². The molecule has 0 aromatic heterocycles. The zero-order chi connectivity index (χ0) is 14.1. The number of hydrogen-bond donors (Lipinski definition) is 1. The summed E-state index contributed by atoms with van der Waals surface area (Å²) in [6, 6.07) is 1.55. The molecule has 0 fully saturated rings. The lowest BCUT2D eigenvalue weighted by Gasteiger charge is -2.13. The molecule has 0 atom stereocenters. The maximum absolute atomic E-state index is 12.5. The number of benzene rings is 1. The zero-order valence-corrected chi connectivity index (χ0v) is 8.42. The summed E-state index contributed by atoms with van der Waals surface area (Å²) >= 11 is 0. The van der Waals surface area contributed by atoms with Gasteiger partial charge in [-0.2, -0.15) is 18.4 Å². The van der Waals surface area contributed by atoms with E-state index in [1.54, 1.807) is 0 Å². The van der Waals surface area contributed by atoms with Gasteiger partial charge in [-0.25, -0.2) is 13.6 Å². The van der Waals surface area contributed by atoms with Gasteiger partial charge in [0.2, 0.25) is 0 Å². The minimum atomic E-state index is -5.08. The van der Waals surface area contributed by atoms with Crippen molar-refractivity contribution >= 4 is 5.97 Å². The van der Waals surface area contributed by atoms with E-state index >= 15 is 0 Å². The molecule has 1 aromatic rings. The molecular weight excluding hydrogens is 261 g/mol. The summed E-state index contributed by atoms with van der Waals surface area (Å²) in [5, 5.41) is 17.1. The van der Waals surface area contributed by atoms with Crippen LogP contribution >= 0.6 is 0 Å². The number of carboxylic acids is 1. The molecule has 0 unspecified atom stereocenters. The summed E-state index contributed by atoms with van der Waals surface area (Å²) in [5.74, 6) is -1.79. The van der Waals surface area contributed by atoms with Crippen LogP contribution in [-0.4, -0.2) is 11.1 Å². The van der Waals surface area contributed by atoms with Crippen LogP contribution in [0.25, 0.3) is 0 Å². The summed E-state index contributed by atoms with van der Waals surface area (Å²) in [6.07, 6.45) is -8.46. The van der Waals surface area contributed by atoms with E-state index in [4.69, 9.17) is 10.4 Å². The molecule has 1 N–H and O–H groups in total. The second-order valence-electron chi connectivity index (χ2n) is 3.20. The van der Waals surface area contributed by atoms with Crippen LogP contribution in [0.1, 0.15) is 33.5 Å². The van der Waals surface area contributed by atoms with Crippen LogP contribution in [0.4, 0.5) is 22.0 Å². The van der Waals surface area contributed by atoms with E-state index in [1.165, 1.54) is 0 Å². The van der Waals surface area contributed by atoms with Gasteiger partial charge in [-0.15, -0.1) is 0 Å². The first-order chi connectivity index (χ1) is 8.18. The highest BCUT2D eigenvalue weighted by molar-refractivity contribution is 5.88. The Morgan fingerprint density at radius 2 is 1.89 bits per heavy atom. The molecule has 1 rings (SSSR count). The van der Waals surface area contributed by atoms with Gasteiger partial charge in [0, 0.05) is 5.56 Å². The average Bonchev–Trinajstić information content (AvgIpc) is 2.25. The number of carboxylic acid groups (broad SMARTS) is 1. The van der Waals surface area contributed by atoms with Crippen molar-refractivity contribution in [3.63, 3.8) is 0 Å². The van der Waals surface area contributed by atoms with E-state index in [2.05, 4.69) is 0 Å². The highest BCUT2D eigenvalue weighted by Gasteiger charge is 2.37. The minimum Gasteiger partial charge on any atom is -0.478 e. The third-order valence-electron chi connectivity index (χ3n) is 2.07. The van der Waals surface area contributed by atoms with Crippen LogP contribution < -0.4 is 0 Å². The van der Waals surface area contributed by atoms with Gasteiger partial charge in [0.15, 0.2) is 0 Å². The molecule has 0 aliphatic rings. The summed E-state index contributed by atoms with van der Waals surface area (Å²) in [4.78, 5) is 10.6. The molecule has 0 bridgehead atoms. The van der Waals surface area contributed by atoms with Gasteiger partial charge in [0.25, 0.3) is 6.43 Å². The Balaban J connectivity index is 3.69. The average molecular weight is 265 g/mol. The van der Waals surface area contributed by atoms with Crippen molar-refractivity contribution in [2.75, 3.05) is 0 Å². The van der Waals surface area contributed by atoms with E-state index in [1.807, 2.05) is 0 Å². The molecule has 18 heavy (non-hydrogen) atoms. The van der Waals surface area contributed by atoms with Crippen molar-refractivity contribution in [1.82, 2.24) is 0 Å². The smallest absolute Gasteiger partial charge is 0.417 e. The predicted molar refractivity (Wildman–Crippen MR) is 48.1 cm³/mol. The molecule has 0 saturated heterocycles. The lowest BCUT2D eigenvalue weighted by molar-refractivity contribution is -0.137. The first kappa shape index (κ1) is 13.9. The van der Waals surface area contributed by atoms with Gasteiger partial charge >= 0.3 is 12.1 Å². The van der Waals surface area contributed by atoms with Crippen LogP contribution in [-0.2, 0) is 6.18 Å². The number of hydrogen-bond acceptors (Lipinski definition) is 2. The summed E-state index contributed by atoms with van der Waals surface area (Å²) < 4.78 is 62.6. The molecule has 0 aliphatic heterocycles. The van der Waals surface area contributed by atoms with Gasteiger partial charge in [-0.05, 0) is 12.1 Å². The Labute approximate surface area is 97.1 Å². The highest BCUT2D eigenvalue weighted by atomic mass is 19.4. The largest absolute Gasteiger partial charge is 0.478 e. The topological polar surface area (TPSA) is 61.1 Å². The molecule has 0 heterocycles. The van der Waals surface area contributed by atoms with E-state index in [0.717, 1.165) is 6.07 Å². The van der Waals surface area contributed by atoms with Crippen molar-refractivity contribution in [2.45, 2.75) is 12.6 Å². The molecule has 0 amide bonds. The number of alkyl halides is 5. The molecule has 8 heteroatoms. The van der Waals surface area contributed by atoms with Gasteiger partial charge in [-0.1, -0.05) is 0 Å². The monoisotopic (exact) mass is 265 g/mol. The fraction of sp³-hybridized carbons (Fsp3) is 0.200. The molecule has 0 radical (unpaired) electrons. The third kappa shape index (κ3) is 2.56. The first-order valence-electron chi connectivity index (χ1n) is 4.35. The van der Waals surface area contributed by atoms with Crippen LogP contribution in [0.2, 0.25) is 0 Å². The predicted octanol–water partition coefficient (Wildman–Crippen LogP) is 3.21. The number of nitriles is 1. The Kier molecular flexibility index (Phi) is 3.55. The summed E-state index contributed by atoms with van der Waals surface area (Å²) in [5.41, 5.74) is -5.14. The second-order valence-corrected chi connectivity index (χ2v) is 3.20. The van der Waals surface area contributed by atoms with Crippen LogP contribution in [0, 0.1) is 11.3 Å². The molecule has 0 aliphatic carbocycles. The van der Waals surface area contributed by atoms with Crippen molar-refractivity contribution in [2.24, 2.45) is 0 Å². The minimum absolute atomic E-state index is 0.159. The SMILES string of the molecule is N#Cc1c(C(F)F)cc(C(=O)O)cc1C(F)(F)F. The van der Waals surface area contributed by atoms with Crippen molar-refractivity contribution < 1.29 is 31.9 Å². The standard InChI is InChI=1S/C10H4F5NO2/c11-8(12)5-1-4(9(17)18)2-7(6(5)3-16)10(13,14)15/h1-2,8H,(H,17,18). The Bertz CT molecular complexity index is 530. The van der Waals surface area contributed by atoms with Gasteiger partial charge in [-0.3, -0.25) is 0 Å². The van der Waals surface area contributed by atoms with Crippen molar-refractivity contribution in [3.05, 3.63) is 34.4 Å².